The van der Waals surface area contributed by atoms with Gasteiger partial charge in [-0.2, -0.15) is 0 Å². The number of carbonyl (C=O) groups excluding carboxylic acids is 1. The lowest BCUT2D eigenvalue weighted by Gasteiger charge is -2.25. The first-order valence-electron chi connectivity index (χ1n) is 11.6. The van der Waals surface area contributed by atoms with Crippen LogP contribution in [0.4, 0.5) is 11.4 Å². The average molecular weight is 443 g/mol. The van der Waals surface area contributed by atoms with E-state index < -0.39 is 0 Å². The molecule has 2 rings (SSSR count). The molecule has 0 saturated carbocycles. The summed E-state index contributed by atoms with van der Waals surface area (Å²) in [6.45, 7) is 17.7. The Hall–Kier alpha value is -2.13. The van der Waals surface area contributed by atoms with Gasteiger partial charge in [0.15, 0.2) is 0 Å². The van der Waals surface area contributed by atoms with Gasteiger partial charge in [0.25, 0.3) is 0 Å². The molecule has 0 radical (unpaired) electrons. The molecule has 0 aromatic heterocycles. The predicted octanol–water partition coefficient (Wildman–Crippen LogP) is 8.53. The third-order valence-electron chi connectivity index (χ3n) is 5.74. The number of aryl methyl sites for hydroxylation is 1. The zero-order valence-corrected chi connectivity index (χ0v) is 21.3. The molecule has 0 N–H and O–H groups in total. The number of halogens is 1. The van der Waals surface area contributed by atoms with E-state index in [9.17, 15) is 4.79 Å². The van der Waals surface area contributed by atoms with E-state index in [1.807, 2.05) is 26.8 Å². The standard InChI is InChI=1S/C25H33ClN2O.C2H6/c1-7-20(8-2)22-13-12-21(9-3)25(17(22)5)27-18(6)28(10-4)24-14-11-19(16-29)15-23(24)26;1-2/h11-16,20H,7-10H2,1-6H3;1-2H3. The Labute approximate surface area is 194 Å². The summed E-state index contributed by atoms with van der Waals surface area (Å²) >= 11 is 6.47. The molecule has 170 valence electrons. The first-order valence-corrected chi connectivity index (χ1v) is 12.0. The largest absolute Gasteiger partial charge is 0.329 e. The number of aliphatic imine (C=N–C) groups is 1. The van der Waals surface area contributed by atoms with Crippen LogP contribution in [0.1, 0.15) is 94.3 Å². The van der Waals surface area contributed by atoms with Gasteiger partial charge in [-0.3, -0.25) is 4.79 Å². The molecule has 0 unspecified atom stereocenters. The van der Waals surface area contributed by atoms with E-state index in [4.69, 9.17) is 16.6 Å². The zero-order chi connectivity index (χ0) is 23.6. The molecule has 0 bridgehead atoms. The van der Waals surface area contributed by atoms with Crippen LogP contribution < -0.4 is 4.90 Å². The van der Waals surface area contributed by atoms with Gasteiger partial charge in [0.1, 0.15) is 12.1 Å². The summed E-state index contributed by atoms with van der Waals surface area (Å²) < 4.78 is 0. The molecular weight excluding hydrogens is 404 g/mol. The normalized spacial score (nSPS) is 11.2. The Morgan fingerprint density at radius 2 is 1.74 bits per heavy atom. The highest BCUT2D eigenvalue weighted by Crippen LogP contribution is 2.35. The maximum absolute atomic E-state index is 11.0. The smallest absolute Gasteiger partial charge is 0.150 e. The minimum atomic E-state index is 0.558. The van der Waals surface area contributed by atoms with E-state index in [0.29, 0.717) is 16.5 Å². The van der Waals surface area contributed by atoms with E-state index in [-0.39, 0.29) is 0 Å². The number of anilines is 1. The lowest BCUT2D eigenvalue weighted by atomic mass is 9.88. The second-order valence-electron chi connectivity index (χ2n) is 7.39. The van der Waals surface area contributed by atoms with Gasteiger partial charge >= 0.3 is 0 Å². The maximum atomic E-state index is 11.0. The topological polar surface area (TPSA) is 32.7 Å². The average Bonchev–Trinajstić information content (AvgIpc) is 2.79. The summed E-state index contributed by atoms with van der Waals surface area (Å²) in [5.74, 6) is 1.45. The highest BCUT2D eigenvalue weighted by molar-refractivity contribution is 6.34. The first kappa shape index (κ1) is 26.9. The molecule has 0 fully saturated rings. The van der Waals surface area contributed by atoms with E-state index in [0.717, 1.165) is 49.3 Å². The van der Waals surface area contributed by atoms with Crippen LogP contribution in [0.5, 0.6) is 0 Å². The monoisotopic (exact) mass is 442 g/mol. The molecule has 0 amide bonds. The molecule has 0 aliphatic heterocycles. The van der Waals surface area contributed by atoms with Crippen LogP contribution >= 0.6 is 11.6 Å². The highest BCUT2D eigenvalue weighted by atomic mass is 35.5. The molecule has 31 heavy (non-hydrogen) atoms. The van der Waals surface area contributed by atoms with Crippen molar-refractivity contribution in [2.45, 2.75) is 80.6 Å². The number of amidine groups is 1. The van der Waals surface area contributed by atoms with Gasteiger partial charge in [-0.25, -0.2) is 4.99 Å². The molecule has 0 atom stereocenters. The fraction of sp³-hybridized carbons (Fsp3) is 0.481. The van der Waals surface area contributed by atoms with Crippen molar-refractivity contribution < 1.29 is 4.79 Å². The van der Waals surface area contributed by atoms with Crippen LogP contribution in [-0.4, -0.2) is 18.7 Å². The van der Waals surface area contributed by atoms with Gasteiger partial charge in [-0.1, -0.05) is 58.4 Å². The van der Waals surface area contributed by atoms with E-state index in [1.54, 1.807) is 12.1 Å². The van der Waals surface area contributed by atoms with Gasteiger partial charge in [0.2, 0.25) is 0 Å². The van der Waals surface area contributed by atoms with Crippen molar-refractivity contribution >= 4 is 35.1 Å². The van der Waals surface area contributed by atoms with Crippen LogP contribution in [0.15, 0.2) is 35.3 Å². The van der Waals surface area contributed by atoms with Crippen LogP contribution in [-0.2, 0) is 6.42 Å². The lowest BCUT2D eigenvalue weighted by molar-refractivity contribution is 0.112. The number of aldehydes is 1. The summed E-state index contributed by atoms with van der Waals surface area (Å²) in [6.07, 6.45) is 4.01. The number of hydrogen-bond acceptors (Lipinski definition) is 2. The summed E-state index contributed by atoms with van der Waals surface area (Å²) in [6, 6.07) is 9.90. The second-order valence-corrected chi connectivity index (χ2v) is 7.79. The molecule has 2 aromatic rings. The quantitative estimate of drug-likeness (QED) is 0.233. The van der Waals surface area contributed by atoms with Crippen LogP contribution in [0, 0.1) is 6.92 Å². The Morgan fingerprint density at radius 1 is 1.10 bits per heavy atom. The Bertz CT molecular complexity index is 885. The maximum Gasteiger partial charge on any atom is 0.150 e. The Kier molecular flexibility index (Phi) is 11.6. The molecule has 0 aliphatic rings. The van der Waals surface area contributed by atoms with Gasteiger partial charge in [-0.15, -0.1) is 0 Å². The minimum Gasteiger partial charge on any atom is -0.329 e. The molecule has 0 spiro atoms. The van der Waals surface area contributed by atoms with Crippen LogP contribution in [0.25, 0.3) is 0 Å². The number of rotatable bonds is 8. The number of hydrogen-bond donors (Lipinski definition) is 0. The zero-order valence-electron chi connectivity index (χ0n) is 20.6. The fourth-order valence-corrected chi connectivity index (χ4v) is 4.29. The molecule has 0 aliphatic carbocycles. The van der Waals surface area contributed by atoms with Crippen molar-refractivity contribution in [1.29, 1.82) is 0 Å². The van der Waals surface area contributed by atoms with Crippen molar-refractivity contribution in [2.75, 3.05) is 11.4 Å². The van der Waals surface area contributed by atoms with Crippen molar-refractivity contribution in [3.8, 4) is 0 Å². The molecule has 3 nitrogen and oxygen atoms in total. The summed E-state index contributed by atoms with van der Waals surface area (Å²) in [4.78, 5) is 18.2. The first-order chi connectivity index (χ1) is 14.9. The van der Waals surface area contributed by atoms with Crippen molar-refractivity contribution in [2.24, 2.45) is 4.99 Å². The van der Waals surface area contributed by atoms with E-state index >= 15 is 0 Å². The predicted molar refractivity (Wildman–Crippen MR) is 138 cm³/mol. The summed E-state index contributed by atoms with van der Waals surface area (Å²) in [5, 5.41) is 0.559. The molecule has 4 heteroatoms. The summed E-state index contributed by atoms with van der Waals surface area (Å²) in [7, 11) is 0. The van der Waals surface area contributed by atoms with E-state index in [1.165, 1.54) is 16.7 Å². The highest BCUT2D eigenvalue weighted by Gasteiger charge is 2.17. The van der Waals surface area contributed by atoms with Gasteiger partial charge in [0, 0.05) is 12.1 Å². The summed E-state index contributed by atoms with van der Waals surface area (Å²) in [5.41, 5.74) is 6.45. The Balaban J connectivity index is 0.00000233. The van der Waals surface area contributed by atoms with Crippen LogP contribution in [0.2, 0.25) is 5.02 Å². The van der Waals surface area contributed by atoms with Gasteiger partial charge < -0.3 is 4.90 Å². The number of benzene rings is 2. The minimum absolute atomic E-state index is 0.558. The molecule has 0 saturated heterocycles. The van der Waals surface area contributed by atoms with Crippen molar-refractivity contribution in [3.05, 3.63) is 57.6 Å². The number of carbonyl (C=O) groups is 1. The Morgan fingerprint density at radius 3 is 2.23 bits per heavy atom. The lowest BCUT2D eigenvalue weighted by Crippen LogP contribution is -2.28. The third kappa shape index (κ3) is 6.43. The van der Waals surface area contributed by atoms with Crippen molar-refractivity contribution in [1.82, 2.24) is 0 Å². The van der Waals surface area contributed by atoms with E-state index in [2.05, 4.69) is 51.7 Å². The molecular formula is C27H39ClN2O. The fourth-order valence-electron chi connectivity index (χ4n) is 3.99. The second kappa shape index (κ2) is 13.3. The van der Waals surface area contributed by atoms with Crippen molar-refractivity contribution in [3.63, 3.8) is 0 Å². The number of nitrogens with zero attached hydrogens (tertiary/aromatic N) is 2. The SMILES string of the molecule is CC.CCc1ccc(C(CC)CC)c(C)c1N=C(C)N(CC)c1ccc(C=O)cc1Cl. The van der Waals surface area contributed by atoms with Crippen LogP contribution in [0.3, 0.4) is 0 Å². The third-order valence-corrected chi connectivity index (χ3v) is 6.04. The van der Waals surface area contributed by atoms with Gasteiger partial charge in [0.05, 0.1) is 16.4 Å². The van der Waals surface area contributed by atoms with Gasteiger partial charge in [-0.05, 0) is 80.8 Å². The molecule has 2 aromatic carbocycles. The molecule has 0 heterocycles.